The van der Waals surface area contributed by atoms with Gasteiger partial charge in [-0.3, -0.25) is 4.90 Å². The summed E-state index contributed by atoms with van der Waals surface area (Å²) in [7, 11) is 0. The van der Waals surface area contributed by atoms with Gasteiger partial charge in [0.25, 0.3) is 0 Å². The van der Waals surface area contributed by atoms with E-state index in [9.17, 15) is 0 Å². The van der Waals surface area contributed by atoms with Crippen LogP contribution in [0.2, 0.25) is 0 Å². The average Bonchev–Trinajstić information content (AvgIpc) is 2.30. The minimum atomic E-state index is 1.11. The lowest BCUT2D eigenvalue weighted by Crippen LogP contribution is -2.28. The molecule has 0 radical (unpaired) electrons. The third-order valence-electron chi connectivity index (χ3n) is 3.23. The molecule has 0 spiro atoms. The molecule has 1 nitrogen and oxygen atoms in total. The van der Waals surface area contributed by atoms with E-state index in [1.807, 2.05) is 0 Å². The van der Waals surface area contributed by atoms with Gasteiger partial charge in [-0.1, -0.05) is 37.3 Å². The summed E-state index contributed by atoms with van der Waals surface area (Å²) in [6, 6.07) is 8.68. The summed E-state index contributed by atoms with van der Waals surface area (Å²) in [5.74, 6) is 0. The highest BCUT2D eigenvalue weighted by atomic mass is 15.1. The molecule has 0 amide bonds. The van der Waals surface area contributed by atoms with Crippen LogP contribution in [-0.4, -0.2) is 24.5 Å². The zero-order valence-electron chi connectivity index (χ0n) is 9.66. The summed E-state index contributed by atoms with van der Waals surface area (Å²) in [4.78, 5) is 2.47. The van der Waals surface area contributed by atoms with E-state index in [4.69, 9.17) is 0 Å². The van der Waals surface area contributed by atoms with Crippen molar-refractivity contribution in [3.8, 4) is 0 Å². The van der Waals surface area contributed by atoms with Crippen molar-refractivity contribution in [1.82, 2.24) is 4.90 Å². The number of rotatable bonds is 2. The second kappa shape index (κ2) is 4.63. The van der Waals surface area contributed by atoms with Crippen LogP contribution in [0.25, 0.3) is 5.57 Å². The van der Waals surface area contributed by atoms with Crippen molar-refractivity contribution in [2.75, 3.05) is 19.6 Å². The van der Waals surface area contributed by atoms with Crippen molar-refractivity contribution in [1.29, 1.82) is 0 Å². The Hall–Kier alpha value is -1.08. The van der Waals surface area contributed by atoms with E-state index in [2.05, 4.69) is 49.1 Å². The molecule has 0 aromatic heterocycles. The maximum absolute atomic E-state index is 2.47. The highest BCUT2D eigenvalue weighted by Crippen LogP contribution is 2.24. The van der Waals surface area contributed by atoms with Gasteiger partial charge < -0.3 is 0 Å². The molecule has 0 saturated carbocycles. The number of hydrogen-bond donors (Lipinski definition) is 0. The summed E-state index contributed by atoms with van der Waals surface area (Å²) in [6.45, 7) is 7.91. The predicted molar refractivity (Wildman–Crippen MR) is 65.9 cm³/mol. The Kier molecular flexibility index (Phi) is 3.22. The van der Waals surface area contributed by atoms with E-state index in [0.29, 0.717) is 0 Å². The summed E-state index contributed by atoms with van der Waals surface area (Å²) >= 11 is 0. The molecular weight excluding hydrogens is 182 g/mol. The molecule has 0 N–H and O–H groups in total. The monoisotopic (exact) mass is 201 g/mol. The quantitative estimate of drug-likeness (QED) is 0.710. The van der Waals surface area contributed by atoms with E-state index in [-0.39, 0.29) is 0 Å². The first kappa shape index (κ1) is 10.4. The van der Waals surface area contributed by atoms with Gasteiger partial charge in [0, 0.05) is 13.1 Å². The van der Waals surface area contributed by atoms with Gasteiger partial charge >= 0.3 is 0 Å². The van der Waals surface area contributed by atoms with Crippen molar-refractivity contribution < 1.29 is 0 Å². The topological polar surface area (TPSA) is 3.24 Å². The van der Waals surface area contributed by atoms with Gasteiger partial charge in [0.15, 0.2) is 0 Å². The Morgan fingerprint density at radius 3 is 2.67 bits per heavy atom. The van der Waals surface area contributed by atoms with Crippen molar-refractivity contribution in [3.63, 3.8) is 0 Å². The molecule has 80 valence electrons. The van der Waals surface area contributed by atoms with Crippen LogP contribution in [0.4, 0.5) is 0 Å². The normalized spacial score (nSPS) is 17.6. The molecule has 1 heteroatoms. The Balaban J connectivity index is 2.19. The van der Waals surface area contributed by atoms with Crippen molar-refractivity contribution in [2.24, 2.45) is 0 Å². The van der Waals surface area contributed by atoms with Gasteiger partial charge in [-0.15, -0.1) is 0 Å². The molecule has 1 aromatic rings. The third kappa shape index (κ3) is 2.29. The Labute approximate surface area is 92.4 Å². The lowest BCUT2D eigenvalue weighted by atomic mass is 9.96. The van der Waals surface area contributed by atoms with E-state index in [1.54, 1.807) is 0 Å². The van der Waals surface area contributed by atoms with Gasteiger partial charge in [-0.25, -0.2) is 0 Å². The zero-order valence-corrected chi connectivity index (χ0v) is 9.66. The largest absolute Gasteiger partial charge is 0.300 e. The summed E-state index contributed by atoms with van der Waals surface area (Å²) in [5, 5.41) is 0. The van der Waals surface area contributed by atoms with Gasteiger partial charge in [-0.05, 0) is 36.6 Å². The number of hydrogen-bond acceptors (Lipinski definition) is 1. The third-order valence-corrected chi connectivity index (χ3v) is 3.23. The maximum Gasteiger partial charge on any atom is 0.0169 e. The summed E-state index contributed by atoms with van der Waals surface area (Å²) in [6.07, 6.45) is 3.58. The van der Waals surface area contributed by atoms with Crippen LogP contribution in [0.1, 0.15) is 24.5 Å². The minimum absolute atomic E-state index is 1.11. The van der Waals surface area contributed by atoms with Crippen LogP contribution in [0.3, 0.4) is 0 Å². The number of benzene rings is 1. The molecule has 0 saturated heterocycles. The highest BCUT2D eigenvalue weighted by Gasteiger charge is 2.11. The number of aryl methyl sites for hydroxylation is 1. The van der Waals surface area contributed by atoms with Crippen LogP contribution in [0, 0.1) is 6.92 Å². The van der Waals surface area contributed by atoms with Gasteiger partial charge in [0.1, 0.15) is 0 Å². The van der Waals surface area contributed by atoms with Crippen LogP contribution in [-0.2, 0) is 0 Å². The van der Waals surface area contributed by atoms with Crippen LogP contribution < -0.4 is 0 Å². The standard InChI is InChI=1S/C14H19N/c1-3-15-10-8-13(9-11-15)14-7-5-4-6-12(14)2/h4-8H,3,9-11H2,1-2H3. The first-order valence-electron chi connectivity index (χ1n) is 5.78. The first-order valence-corrected chi connectivity index (χ1v) is 5.78. The number of nitrogens with zero attached hydrogens (tertiary/aromatic N) is 1. The molecule has 0 bridgehead atoms. The highest BCUT2D eigenvalue weighted by molar-refractivity contribution is 5.69. The molecule has 1 heterocycles. The zero-order chi connectivity index (χ0) is 10.7. The fraction of sp³-hybridized carbons (Fsp3) is 0.429. The molecule has 0 unspecified atom stereocenters. The SMILES string of the molecule is CCN1CC=C(c2ccccc2C)CC1. The Morgan fingerprint density at radius 1 is 1.27 bits per heavy atom. The lowest BCUT2D eigenvalue weighted by molar-refractivity contribution is 0.318. The smallest absolute Gasteiger partial charge is 0.0169 e. The van der Waals surface area contributed by atoms with Crippen LogP contribution in [0.5, 0.6) is 0 Å². The van der Waals surface area contributed by atoms with Crippen molar-refractivity contribution in [3.05, 3.63) is 41.5 Å². The molecule has 0 atom stereocenters. The maximum atomic E-state index is 2.47. The summed E-state index contributed by atoms with van der Waals surface area (Å²) < 4.78 is 0. The van der Waals surface area contributed by atoms with Crippen LogP contribution in [0.15, 0.2) is 30.3 Å². The first-order chi connectivity index (χ1) is 7.31. The molecule has 1 aliphatic heterocycles. The fourth-order valence-corrected chi connectivity index (χ4v) is 2.18. The lowest BCUT2D eigenvalue weighted by Gasteiger charge is -2.25. The van der Waals surface area contributed by atoms with E-state index in [1.165, 1.54) is 29.7 Å². The Bertz CT molecular complexity index is 365. The number of likely N-dealkylation sites (N-methyl/N-ethyl adjacent to an activating group) is 1. The van der Waals surface area contributed by atoms with E-state index in [0.717, 1.165) is 13.1 Å². The van der Waals surface area contributed by atoms with E-state index >= 15 is 0 Å². The predicted octanol–water partition coefficient (Wildman–Crippen LogP) is 3.10. The van der Waals surface area contributed by atoms with E-state index < -0.39 is 0 Å². The molecule has 0 aliphatic carbocycles. The molecule has 1 aliphatic rings. The molecule has 1 aromatic carbocycles. The molecular formula is C14H19N. The molecule has 15 heavy (non-hydrogen) atoms. The second-order valence-electron chi connectivity index (χ2n) is 4.19. The molecule has 2 rings (SSSR count). The van der Waals surface area contributed by atoms with Gasteiger partial charge in [0.2, 0.25) is 0 Å². The Morgan fingerprint density at radius 2 is 2.07 bits per heavy atom. The summed E-state index contributed by atoms with van der Waals surface area (Å²) in [5.41, 5.74) is 4.36. The van der Waals surface area contributed by atoms with Crippen molar-refractivity contribution in [2.45, 2.75) is 20.3 Å². The van der Waals surface area contributed by atoms with Crippen molar-refractivity contribution >= 4 is 5.57 Å². The molecule has 0 fully saturated rings. The second-order valence-corrected chi connectivity index (χ2v) is 4.19. The van der Waals surface area contributed by atoms with Gasteiger partial charge in [0.05, 0.1) is 0 Å². The van der Waals surface area contributed by atoms with Crippen LogP contribution >= 0.6 is 0 Å². The van der Waals surface area contributed by atoms with Gasteiger partial charge in [-0.2, -0.15) is 0 Å². The minimum Gasteiger partial charge on any atom is -0.300 e. The fourth-order valence-electron chi connectivity index (χ4n) is 2.18. The average molecular weight is 201 g/mol.